The van der Waals surface area contributed by atoms with E-state index >= 15 is 0 Å². The summed E-state index contributed by atoms with van der Waals surface area (Å²) in [5, 5.41) is 3.58. The Morgan fingerprint density at radius 1 is 1.20 bits per heavy atom. The first-order valence-corrected chi connectivity index (χ1v) is 7.55. The number of nitrogens with one attached hydrogen (secondary N) is 1. The van der Waals surface area contributed by atoms with E-state index in [1.54, 1.807) is 0 Å². The van der Waals surface area contributed by atoms with Crippen molar-refractivity contribution in [1.29, 1.82) is 0 Å². The quantitative estimate of drug-likeness (QED) is 0.832. The van der Waals surface area contributed by atoms with E-state index in [9.17, 15) is 0 Å². The monoisotopic (exact) mass is 271 g/mol. The third-order valence-corrected chi connectivity index (χ3v) is 3.74. The van der Waals surface area contributed by atoms with Crippen molar-refractivity contribution in [2.75, 3.05) is 0 Å². The van der Waals surface area contributed by atoms with Crippen LogP contribution in [-0.4, -0.2) is 9.55 Å². The van der Waals surface area contributed by atoms with Gasteiger partial charge in [-0.05, 0) is 30.9 Å². The van der Waals surface area contributed by atoms with Gasteiger partial charge in [-0.25, -0.2) is 4.98 Å². The summed E-state index contributed by atoms with van der Waals surface area (Å²) in [5.41, 5.74) is 3.98. The summed E-state index contributed by atoms with van der Waals surface area (Å²) in [6, 6.07) is 9.23. The Bertz CT molecular complexity index is 513. The standard InChI is InChI=1S/C17H25N3/c1-4-10-20-13-18-11-17(20)12-19-14(3)16-8-6-15(5-2)7-9-16/h6-9,11,13-14,19H,4-5,10,12H2,1-3H3. The van der Waals surface area contributed by atoms with Gasteiger partial charge in [-0.1, -0.05) is 38.1 Å². The van der Waals surface area contributed by atoms with E-state index in [0.717, 1.165) is 25.9 Å². The summed E-state index contributed by atoms with van der Waals surface area (Å²) in [4.78, 5) is 4.24. The molecule has 0 aliphatic heterocycles. The van der Waals surface area contributed by atoms with Gasteiger partial charge in [0.15, 0.2) is 0 Å². The fourth-order valence-corrected chi connectivity index (χ4v) is 2.36. The van der Waals surface area contributed by atoms with Gasteiger partial charge in [0, 0.05) is 25.3 Å². The molecule has 0 radical (unpaired) electrons. The summed E-state index contributed by atoms with van der Waals surface area (Å²) < 4.78 is 2.22. The van der Waals surface area contributed by atoms with Gasteiger partial charge in [0.1, 0.15) is 0 Å². The molecule has 20 heavy (non-hydrogen) atoms. The van der Waals surface area contributed by atoms with Gasteiger partial charge in [-0.2, -0.15) is 0 Å². The number of hydrogen-bond acceptors (Lipinski definition) is 2. The average Bonchev–Trinajstić information content (AvgIpc) is 2.92. The lowest BCUT2D eigenvalue weighted by Crippen LogP contribution is -2.20. The van der Waals surface area contributed by atoms with E-state index in [1.165, 1.54) is 16.8 Å². The molecule has 0 amide bonds. The van der Waals surface area contributed by atoms with Crippen LogP contribution in [0.15, 0.2) is 36.8 Å². The van der Waals surface area contributed by atoms with E-state index in [0.29, 0.717) is 6.04 Å². The van der Waals surface area contributed by atoms with Gasteiger partial charge in [0.25, 0.3) is 0 Å². The second kappa shape index (κ2) is 7.25. The maximum Gasteiger partial charge on any atom is 0.0948 e. The molecule has 1 aromatic carbocycles. The Morgan fingerprint density at radius 3 is 2.60 bits per heavy atom. The zero-order chi connectivity index (χ0) is 14.4. The molecular formula is C17H25N3. The first kappa shape index (κ1) is 14.8. The molecule has 3 heteroatoms. The van der Waals surface area contributed by atoms with Crippen molar-refractivity contribution < 1.29 is 0 Å². The maximum absolute atomic E-state index is 4.24. The molecule has 0 aliphatic rings. The number of imidazole rings is 1. The minimum absolute atomic E-state index is 0.353. The van der Waals surface area contributed by atoms with Gasteiger partial charge >= 0.3 is 0 Å². The number of benzene rings is 1. The highest BCUT2D eigenvalue weighted by molar-refractivity contribution is 5.24. The van der Waals surface area contributed by atoms with Crippen LogP contribution in [-0.2, 0) is 19.5 Å². The van der Waals surface area contributed by atoms with Crippen molar-refractivity contribution in [3.05, 3.63) is 53.6 Å². The third-order valence-electron chi connectivity index (χ3n) is 3.74. The molecular weight excluding hydrogens is 246 g/mol. The largest absolute Gasteiger partial charge is 0.333 e. The molecule has 0 bridgehead atoms. The van der Waals surface area contributed by atoms with E-state index in [2.05, 4.69) is 59.9 Å². The van der Waals surface area contributed by atoms with Crippen LogP contribution in [0.1, 0.15) is 50.1 Å². The number of aryl methyl sites for hydroxylation is 2. The normalized spacial score (nSPS) is 12.6. The van der Waals surface area contributed by atoms with Gasteiger partial charge in [-0.15, -0.1) is 0 Å². The molecule has 0 saturated heterocycles. The molecule has 1 heterocycles. The number of nitrogens with zero attached hydrogens (tertiary/aromatic N) is 2. The Balaban J connectivity index is 1.93. The zero-order valence-electron chi connectivity index (χ0n) is 12.8. The van der Waals surface area contributed by atoms with Crippen molar-refractivity contribution in [3.63, 3.8) is 0 Å². The molecule has 2 aromatic rings. The number of rotatable bonds is 7. The highest BCUT2D eigenvalue weighted by atomic mass is 15.1. The molecule has 1 unspecified atom stereocenters. The summed E-state index contributed by atoms with van der Waals surface area (Å²) in [6.07, 6.45) is 6.10. The molecule has 1 N–H and O–H groups in total. The highest BCUT2D eigenvalue weighted by Gasteiger charge is 2.07. The highest BCUT2D eigenvalue weighted by Crippen LogP contribution is 2.14. The van der Waals surface area contributed by atoms with Gasteiger partial charge in [-0.3, -0.25) is 0 Å². The van der Waals surface area contributed by atoms with Crippen molar-refractivity contribution >= 4 is 0 Å². The SMILES string of the molecule is CCCn1cncc1CNC(C)c1ccc(CC)cc1. The van der Waals surface area contributed by atoms with Crippen molar-refractivity contribution in [2.45, 2.75) is 52.7 Å². The Kier molecular flexibility index (Phi) is 5.36. The second-order valence-corrected chi connectivity index (χ2v) is 5.28. The van der Waals surface area contributed by atoms with Gasteiger partial charge < -0.3 is 9.88 Å². The lowest BCUT2D eigenvalue weighted by Gasteiger charge is -2.15. The third kappa shape index (κ3) is 3.70. The maximum atomic E-state index is 4.24. The molecule has 1 atom stereocenters. The molecule has 108 valence electrons. The van der Waals surface area contributed by atoms with Crippen LogP contribution in [0, 0.1) is 0 Å². The summed E-state index contributed by atoms with van der Waals surface area (Å²) in [7, 11) is 0. The lowest BCUT2D eigenvalue weighted by atomic mass is 10.1. The first-order valence-electron chi connectivity index (χ1n) is 7.55. The summed E-state index contributed by atoms with van der Waals surface area (Å²) in [6.45, 7) is 8.48. The van der Waals surface area contributed by atoms with Crippen LogP contribution in [0.4, 0.5) is 0 Å². The summed E-state index contributed by atoms with van der Waals surface area (Å²) in [5.74, 6) is 0. The molecule has 0 aliphatic carbocycles. The smallest absolute Gasteiger partial charge is 0.0948 e. The van der Waals surface area contributed by atoms with Crippen LogP contribution in [0.25, 0.3) is 0 Å². The predicted molar refractivity (Wildman–Crippen MR) is 83.6 cm³/mol. The van der Waals surface area contributed by atoms with E-state index in [1.807, 2.05) is 12.5 Å². The Hall–Kier alpha value is -1.61. The molecule has 0 spiro atoms. The van der Waals surface area contributed by atoms with Crippen molar-refractivity contribution in [1.82, 2.24) is 14.9 Å². The molecule has 3 nitrogen and oxygen atoms in total. The molecule has 0 saturated carbocycles. The fraction of sp³-hybridized carbons (Fsp3) is 0.471. The zero-order valence-corrected chi connectivity index (χ0v) is 12.8. The minimum Gasteiger partial charge on any atom is -0.333 e. The van der Waals surface area contributed by atoms with Crippen molar-refractivity contribution in [2.24, 2.45) is 0 Å². The van der Waals surface area contributed by atoms with Crippen LogP contribution in [0.5, 0.6) is 0 Å². The van der Waals surface area contributed by atoms with Crippen LogP contribution in [0.3, 0.4) is 0 Å². The molecule has 2 rings (SSSR count). The topological polar surface area (TPSA) is 29.9 Å². The number of hydrogen-bond donors (Lipinski definition) is 1. The van der Waals surface area contributed by atoms with Gasteiger partial charge in [0.2, 0.25) is 0 Å². The van der Waals surface area contributed by atoms with E-state index in [-0.39, 0.29) is 0 Å². The van der Waals surface area contributed by atoms with E-state index in [4.69, 9.17) is 0 Å². The second-order valence-electron chi connectivity index (χ2n) is 5.28. The van der Waals surface area contributed by atoms with E-state index < -0.39 is 0 Å². The van der Waals surface area contributed by atoms with Crippen LogP contribution in [0.2, 0.25) is 0 Å². The minimum atomic E-state index is 0.353. The van der Waals surface area contributed by atoms with Crippen LogP contribution < -0.4 is 5.32 Å². The summed E-state index contributed by atoms with van der Waals surface area (Å²) >= 11 is 0. The molecule has 0 fully saturated rings. The Labute approximate surface area is 122 Å². The fourth-order valence-electron chi connectivity index (χ4n) is 2.36. The Morgan fingerprint density at radius 2 is 1.95 bits per heavy atom. The average molecular weight is 271 g/mol. The van der Waals surface area contributed by atoms with Gasteiger partial charge in [0.05, 0.1) is 12.0 Å². The predicted octanol–water partition coefficient (Wildman–Crippen LogP) is 3.71. The van der Waals surface area contributed by atoms with Crippen molar-refractivity contribution in [3.8, 4) is 0 Å². The first-order chi connectivity index (χ1) is 9.74. The number of aromatic nitrogens is 2. The van der Waals surface area contributed by atoms with Crippen LogP contribution >= 0.6 is 0 Å². The molecule has 1 aromatic heterocycles. The lowest BCUT2D eigenvalue weighted by molar-refractivity contribution is 0.541.